The van der Waals surface area contributed by atoms with E-state index >= 15 is 0 Å². The molecule has 2 N–H and O–H groups in total. The first kappa shape index (κ1) is 14.7. The topological polar surface area (TPSA) is 49.3 Å². The molecule has 0 aliphatic rings. The van der Waals surface area contributed by atoms with Gasteiger partial charge in [0, 0.05) is 6.04 Å². The van der Waals surface area contributed by atoms with Gasteiger partial charge < -0.3 is 10.4 Å². The van der Waals surface area contributed by atoms with Gasteiger partial charge in [-0.25, -0.2) is 0 Å². The van der Waals surface area contributed by atoms with E-state index in [-0.39, 0.29) is 12.5 Å². The molecule has 0 saturated carbocycles. The molecule has 18 heavy (non-hydrogen) atoms. The van der Waals surface area contributed by atoms with Gasteiger partial charge in [-0.15, -0.1) is 0 Å². The van der Waals surface area contributed by atoms with Crippen LogP contribution in [0.4, 0.5) is 0 Å². The molecule has 1 aromatic carbocycles. The molecule has 0 spiro atoms. The summed E-state index contributed by atoms with van der Waals surface area (Å²) in [6, 6.07) is 6.35. The van der Waals surface area contributed by atoms with Crippen molar-refractivity contribution in [1.82, 2.24) is 5.32 Å². The van der Waals surface area contributed by atoms with Crippen molar-refractivity contribution in [3.05, 3.63) is 34.9 Å². The van der Waals surface area contributed by atoms with Gasteiger partial charge in [-0.05, 0) is 44.4 Å². The molecule has 0 radical (unpaired) electrons. The summed E-state index contributed by atoms with van der Waals surface area (Å²) < 4.78 is 0. The van der Waals surface area contributed by atoms with Gasteiger partial charge in [-0.1, -0.05) is 30.7 Å². The zero-order chi connectivity index (χ0) is 13.5. The average Bonchev–Trinajstić information content (AvgIpc) is 2.30. The van der Waals surface area contributed by atoms with E-state index in [9.17, 15) is 4.79 Å². The van der Waals surface area contributed by atoms with Crippen LogP contribution in [0.3, 0.4) is 0 Å². The van der Waals surface area contributed by atoms with Crippen molar-refractivity contribution in [2.45, 2.75) is 46.1 Å². The smallest absolute Gasteiger partial charge is 0.304 e. The number of aryl methyl sites for hydroxylation is 2. The van der Waals surface area contributed by atoms with Gasteiger partial charge in [0.15, 0.2) is 0 Å². The van der Waals surface area contributed by atoms with E-state index in [1.54, 1.807) is 0 Å². The zero-order valence-electron chi connectivity index (χ0n) is 11.5. The van der Waals surface area contributed by atoms with Gasteiger partial charge >= 0.3 is 5.97 Å². The Labute approximate surface area is 109 Å². The van der Waals surface area contributed by atoms with Crippen molar-refractivity contribution in [2.24, 2.45) is 0 Å². The van der Waals surface area contributed by atoms with Crippen LogP contribution < -0.4 is 5.32 Å². The lowest BCUT2D eigenvalue weighted by atomic mass is 9.97. The standard InChI is InChI=1S/C15H23NO2/c1-4-7-16-14(10-15(17)18)9-13-8-11(2)5-6-12(13)3/h5-6,8,14,16H,4,7,9-10H2,1-3H3,(H,17,18). The Morgan fingerprint density at radius 1 is 1.39 bits per heavy atom. The van der Waals surface area contributed by atoms with Crippen LogP contribution >= 0.6 is 0 Å². The Kier molecular flexibility index (Phi) is 5.86. The molecular formula is C15H23NO2. The third-order valence-corrected chi connectivity index (χ3v) is 3.07. The quantitative estimate of drug-likeness (QED) is 0.781. The minimum absolute atomic E-state index is 0.0166. The Morgan fingerprint density at radius 3 is 2.72 bits per heavy atom. The molecule has 0 bridgehead atoms. The van der Waals surface area contributed by atoms with Gasteiger partial charge in [0.25, 0.3) is 0 Å². The van der Waals surface area contributed by atoms with Crippen molar-refractivity contribution in [2.75, 3.05) is 6.54 Å². The Balaban J connectivity index is 2.74. The molecule has 1 atom stereocenters. The van der Waals surface area contributed by atoms with Crippen LogP contribution in [-0.2, 0) is 11.2 Å². The Hall–Kier alpha value is -1.35. The fourth-order valence-corrected chi connectivity index (χ4v) is 2.06. The third kappa shape index (κ3) is 4.88. The van der Waals surface area contributed by atoms with E-state index in [2.05, 4.69) is 44.3 Å². The number of carboxylic acid groups (broad SMARTS) is 1. The summed E-state index contributed by atoms with van der Waals surface area (Å²) in [6.45, 7) is 7.09. The van der Waals surface area contributed by atoms with Crippen LogP contribution in [0, 0.1) is 13.8 Å². The number of aliphatic carboxylic acids is 1. The predicted molar refractivity (Wildman–Crippen MR) is 74.0 cm³/mol. The number of benzene rings is 1. The van der Waals surface area contributed by atoms with Crippen molar-refractivity contribution in [3.63, 3.8) is 0 Å². The van der Waals surface area contributed by atoms with Crippen molar-refractivity contribution in [3.8, 4) is 0 Å². The van der Waals surface area contributed by atoms with E-state index in [4.69, 9.17) is 5.11 Å². The summed E-state index contributed by atoms with van der Waals surface area (Å²) >= 11 is 0. The normalized spacial score (nSPS) is 12.4. The highest BCUT2D eigenvalue weighted by Gasteiger charge is 2.14. The second kappa shape index (κ2) is 7.17. The number of hydrogen-bond donors (Lipinski definition) is 2. The maximum absolute atomic E-state index is 10.9. The van der Waals surface area contributed by atoms with Crippen LogP contribution in [0.2, 0.25) is 0 Å². The lowest BCUT2D eigenvalue weighted by molar-refractivity contribution is -0.137. The molecule has 0 aliphatic heterocycles. The second-order valence-corrected chi connectivity index (χ2v) is 4.88. The molecule has 0 fully saturated rings. The summed E-state index contributed by atoms with van der Waals surface area (Å²) in [7, 11) is 0. The molecule has 0 aromatic heterocycles. The maximum Gasteiger partial charge on any atom is 0.304 e. The molecule has 0 saturated heterocycles. The van der Waals surface area contributed by atoms with Gasteiger partial charge in [0.2, 0.25) is 0 Å². The number of rotatable bonds is 7. The second-order valence-electron chi connectivity index (χ2n) is 4.88. The van der Waals surface area contributed by atoms with Crippen LogP contribution in [0.5, 0.6) is 0 Å². The molecular weight excluding hydrogens is 226 g/mol. The maximum atomic E-state index is 10.9. The average molecular weight is 249 g/mol. The highest BCUT2D eigenvalue weighted by atomic mass is 16.4. The first-order valence-electron chi connectivity index (χ1n) is 6.54. The number of nitrogens with one attached hydrogen (secondary N) is 1. The van der Waals surface area contributed by atoms with Crippen LogP contribution in [-0.4, -0.2) is 23.7 Å². The number of carboxylic acids is 1. The summed E-state index contributed by atoms with van der Waals surface area (Å²) in [5.74, 6) is -0.742. The molecule has 1 unspecified atom stereocenters. The molecule has 100 valence electrons. The highest BCUT2D eigenvalue weighted by molar-refractivity contribution is 5.67. The zero-order valence-corrected chi connectivity index (χ0v) is 11.5. The van der Waals surface area contributed by atoms with Gasteiger partial charge in [-0.3, -0.25) is 4.79 Å². The fourth-order valence-electron chi connectivity index (χ4n) is 2.06. The molecule has 0 amide bonds. The van der Waals surface area contributed by atoms with Crippen LogP contribution in [0.1, 0.15) is 36.5 Å². The minimum atomic E-state index is -0.742. The van der Waals surface area contributed by atoms with Crippen molar-refractivity contribution < 1.29 is 9.90 Å². The summed E-state index contributed by atoms with van der Waals surface area (Å²) in [5, 5.41) is 12.3. The van der Waals surface area contributed by atoms with E-state index in [1.165, 1.54) is 16.7 Å². The van der Waals surface area contributed by atoms with Crippen LogP contribution in [0.15, 0.2) is 18.2 Å². The third-order valence-electron chi connectivity index (χ3n) is 3.07. The predicted octanol–water partition coefficient (Wildman–Crippen LogP) is 2.69. The monoisotopic (exact) mass is 249 g/mol. The molecule has 3 heteroatoms. The van der Waals surface area contributed by atoms with E-state index in [0.29, 0.717) is 0 Å². The molecule has 1 rings (SSSR count). The van der Waals surface area contributed by atoms with E-state index in [1.807, 2.05) is 0 Å². The first-order chi connectivity index (χ1) is 8.52. The largest absolute Gasteiger partial charge is 0.481 e. The number of carbonyl (C=O) groups is 1. The Bertz CT molecular complexity index is 401. The summed E-state index contributed by atoms with van der Waals surface area (Å²) in [4.78, 5) is 10.9. The summed E-state index contributed by atoms with van der Waals surface area (Å²) in [6.07, 6.45) is 1.97. The summed E-state index contributed by atoms with van der Waals surface area (Å²) in [5.41, 5.74) is 3.69. The van der Waals surface area contributed by atoms with Crippen molar-refractivity contribution >= 4 is 5.97 Å². The van der Waals surface area contributed by atoms with E-state index in [0.717, 1.165) is 19.4 Å². The van der Waals surface area contributed by atoms with Crippen LogP contribution in [0.25, 0.3) is 0 Å². The van der Waals surface area contributed by atoms with E-state index < -0.39 is 5.97 Å². The lowest BCUT2D eigenvalue weighted by Crippen LogP contribution is -2.34. The fraction of sp³-hybridized carbons (Fsp3) is 0.533. The van der Waals surface area contributed by atoms with Gasteiger partial charge in [0.05, 0.1) is 6.42 Å². The highest BCUT2D eigenvalue weighted by Crippen LogP contribution is 2.14. The minimum Gasteiger partial charge on any atom is -0.481 e. The molecule has 3 nitrogen and oxygen atoms in total. The van der Waals surface area contributed by atoms with Gasteiger partial charge in [-0.2, -0.15) is 0 Å². The van der Waals surface area contributed by atoms with Crippen molar-refractivity contribution in [1.29, 1.82) is 0 Å². The molecule has 0 heterocycles. The number of hydrogen-bond acceptors (Lipinski definition) is 2. The van der Waals surface area contributed by atoms with Gasteiger partial charge in [0.1, 0.15) is 0 Å². The molecule has 0 aliphatic carbocycles. The Morgan fingerprint density at radius 2 is 2.11 bits per heavy atom. The lowest BCUT2D eigenvalue weighted by Gasteiger charge is -2.18. The first-order valence-corrected chi connectivity index (χ1v) is 6.54. The molecule has 1 aromatic rings. The SMILES string of the molecule is CCCNC(CC(=O)O)Cc1cc(C)ccc1C.